The molecule has 1 aromatic carbocycles. The number of hydrogen-bond donors (Lipinski definition) is 0. The zero-order chi connectivity index (χ0) is 15.6. The lowest BCUT2D eigenvalue weighted by Crippen LogP contribution is -2.37. The van der Waals surface area contributed by atoms with Crippen LogP contribution in [0.15, 0.2) is 41.8 Å². The van der Waals surface area contributed by atoms with Gasteiger partial charge in [0, 0.05) is 24.0 Å². The fourth-order valence-corrected chi connectivity index (χ4v) is 4.67. The fraction of sp³-hybridized carbons (Fsp3) is 0.375. The zero-order valence-electron chi connectivity index (χ0n) is 12.4. The predicted molar refractivity (Wildman–Crippen MR) is 88.9 cm³/mol. The number of thiophene rings is 1. The normalized spacial score (nSPS) is 18.9. The van der Waals surface area contributed by atoms with Gasteiger partial charge in [0.05, 0.1) is 5.75 Å². The summed E-state index contributed by atoms with van der Waals surface area (Å²) in [5.74, 6) is 0.375. The van der Waals surface area contributed by atoms with Crippen LogP contribution in [-0.4, -0.2) is 32.2 Å². The van der Waals surface area contributed by atoms with Gasteiger partial charge < -0.3 is 4.18 Å². The van der Waals surface area contributed by atoms with E-state index in [1.807, 2.05) is 6.07 Å². The van der Waals surface area contributed by atoms with Gasteiger partial charge >= 0.3 is 10.1 Å². The van der Waals surface area contributed by atoms with Crippen LogP contribution < -0.4 is 4.18 Å². The minimum absolute atomic E-state index is 0.00566. The van der Waals surface area contributed by atoms with Gasteiger partial charge in [-0.2, -0.15) is 8.42 Å². The molecule has 2 aromatic rings. The van der Waals surface area contributed by atoms with Crippen molar-refractivity contribution in [2.75, 3.05) is 18.8 Å². The van der Waals surface area contributed by atoms with E-state index in [1.165, 1.54) is 10.4 Å². The average molecular weight is 337 g/mol. The second-order valence-electron chi connectivity index (χ2n) is 5.42. The molecule has 0 saturated carbocycles. The zero-order valence-corrected chi connectivity index (χ0v) is 14.1. The van der Waals surface area contributed by atoms with Gasteiger partial charge in [-0.3, -0.25) is 4.90 Å². The molecule has 6 heteroatoms. The Labute approximate surface area is 135 Å². The van der Waals surface area contributed by atoms with Crippen molar-refractivity contribution in [1.82, 2.24) is 4.90 Å². The number of rotatable bonds is 5. The van der Waals surface area contributed by atoms with E-state index in [1.54, 1.807) is 35.6 Å². The van der Waals surface area contributed by atoms with Crippen molar-refractivity contribution in [3.63, 3.8) is 0 Å². The van der Waals surface area contributed by atoms with Gasteiger partial charge in [0.25, 0.3) is 0 Å². The SMILES string of the molecule is C[C@@H]1c2ccsc2CCN1CCS(=O)(=O)Oc1ccccc1. The molecule has 1 aliphatic rings. The van der Waals surface area contributed by atoms with Crippen molar-refractivity contribution >= 4 is 21.5 Å². The Kier molecular flexibility index (Phi) is 4.52. The van der Waals surface area contributed by atoms with Gasteiger partial charge in [-0.25, -0.2) is 0 Å². The molecule has 0 bridgehead atoms. The van der Waals surface area contributed by atoms with Crippen molar-refractivity contribution in [2.45, 2.75) is 19.4 Å². The number of para-hydroxylation sites is 1. The Morgan fingerprint density at radius 1 is 1.27 bits per heavy atom. The highest BCUT2D eigenvalue weighted by atomic mass is 32.2. The Morgan fingerprint density at radius 2 is 2.05 bits per heavy atom. The third-order valence-corrected chi connectivity index (χ3v) is 6.12. The van der Waals surface area contributed by atoms with E-state index in [0.29, 0.717) is 12.3 Å². The van der Waals surface area contributed by atoms with Crippen LogP contribution in [0.5, 0.6) is 5.75 Å². The molecule has 4 nitrogen and oxygen atoms in total. The molecule has 0 saturated heterocycles. The third-order valence-electron chi connectivity index (χ3n) is 4.00. The van der Waals surface area contributed by atoms with Crippen molar-refractivity contribution in [2.24, 2.45) is 0 Å². The highest BCUT2D eigenvalue weighted by molar-refractivity contribution is 7.87. The Hall–Kier alpha value is -1.37. The topological polar surface area (TPSA) is 46.6 Å². The second-order valence-corrected chi connectivity index (χ2v) is 8.11. The molecule has 0 amide bonds. The smallest absolute Gasteiger partial charge is 0.310 e. The highest BCUT2D eigenvalue weighted by Crippen LogP contribution is 2.32. The Morgan fingerprint density at radius 3 is 2.82 bits per heavy atom. The molecule has 1 aromatic heterocycles. The summed E-state index contributed by atoms with van der Waals surface area (Å²) >= 11 is 1.79. The summed E-state index contributed by atoms with van der Waals surface area (Å²) in [5.41, 5.74) is 1.33. The molecule has 22 heavy (non-hydrogen) atoms. The summed E-state index contributed by atoms with van der Waals surface area (Å²) in [4.78, 5) is 3.63. The van der Waals surface area contributed by atoms with E-state index in [9.17, 15) is 8.42 Å². The molecule has 0 N–H and O–H groups in total. The minimum atomic E-state index is -3.56. The van der Waals surface area contributed by atoms with Crippen LogP contribution in [0.1, 0.15) is 23.4 Å². The molecule has 1 atom stereocenters. The van der Waals surface area contributed by atoms with Crippen LogP contribution in [-0.2, 0) is 16.5 Å². The van der Waals surface area contributed by atoms with Gasteiger partial charge in [0.1, 0.15) is 5.75 Å². The molecular weight excluding hydrogens is 318 g/mol. The molecule has 0 spiro atoms. The summed E-state index contributed by atoms with van der Waals surface area (Å²) < 4.78 is 29.3. The summed E-state index contributed by atoms with van der Waals surface area (Å²) in [7, 11) is -3.56. The fourth-order valence-electron chi connectivity index (χ4n) is 2.76. The van der Waals surface area contributed by atoms with Crippen LogP contribution in [0, 0.1) is 0 Å². The summed E-state index contributed by atoms with van der Waals surface area (Å²) in [5, 5.41) is 2.11. The minimum Gasteiger partial charge on any atom is -0.382 e. The third kappa shape index (κ3) is 3.51. The van der Waals surface area contributed by atoms with Gasteiger partial charge in [-0.1, -0.05) is 18.2 Å². The lowest BCUT2D eigenvalue weighted by Gasteiger charge is -2.33. The molecule has 0 radical (unpaired) electrons. The maximum Gasteiger partial charge on any atom is 0.310 e. The molecule has 0 fully saturated rings. The maximum atomic E-state index is 12.1. The monoisotopic (exact) mass is 337 g/mol. The predicted octanol–water partition coefficient (Wildman–Crippen LogP) is 3.08. The van der Waals surface area contributed by atoms with E-state index in [2.05, 4.69) is 23.3 Å². The Bertz CT molecular complexity index is 725. The summed E-state index contributed by atoms with van der Waals surface area (Å²) in [6, 6.07) is 11.1. The van der Waals surface area contributed by atoms with Crippen LogP contribution in [0.4, 0.5) is 0 Å². The first kappa shape index (κ1) is 15.5. The van der Waals surface area contributed by atoms with Crippen LogP contribution >= 0.6 is 11.3 Å². The Balaban J connectivity index is 1.61. The highest BCUT2D eigenvalue weighted by Gasteiger charge is 2.26. The van der Waals surface area contributed by atoms with Crippen LogP contribution in [0.25, 0.3) is 0 Å². The van der Waals surface area contributed by atoms with Gasteiger partial charge in [-0.05, 0) is 42.5 Å². The molecule has 118 valence electrons. The first-order chi connectivity index (χ1) is 10.6. The van der Waals surface area contributed by atoms with Crippen molar-refractivity contribution in [3.8, 4) is 5.75 Å². The molecule has 0 aliphatic carbocycles. The van der Waals surface area contributed by atoms with E-state index >= 15 is 0 Å². The maximum absolute atomic E-state index is 12.1. The van der Waals surface area contributed by atoms with Crippen molar-refractivity contribution in [3.05, 3.63) is 52.2 Å². The van der Waals surface area contributed by atoms with E-state index in [-0.39, 0.29) is 11.8 Å². The lowest BCUT2D eigenvalue weighted by atomic mass is 10.0. The summed E-state index contributed by atoms with van der Waals surface area (Å²) in [6.07, 6.45) is 0.997. The molecule has 2 heterocycles. The van der Waals surface area contributed by atoms with Gasteiger partial charge in [0.2, 0.25) is 0 Å². The molecular formula is C16H19NO3S2. The van der Waals surface area contributed by atoms with E-state index in [0.717, 1.165) is 13.0 Å². The van der Waals surface area contributed by atoms with Crippen LogP contribution in [0.3, 0.4) is 0 Å². The lowest BCUT2D eigenvalue weighted by molar-refractivity contribution is 0.211. The average Bonchev–Trinajstić information content (AvgIpc) is 2.96. The standard InChI is InChI=1S/C16H19NO3S2/c1-13-15-8-11-21-16(15)7-9-17(13)10-12-22(18,19)20-14-5-3-2-4-6-14/h2-6,8,11,13H,7,9-10,12H2,1H3/t13-/m1/s1. The van der Waals surface area contributed by atoms with Crippen molar-refractivity contribution < 1.29 is 12.6 Å². The number of hydrogen-bond acceptors (Lipinski definition) is 5. The molecule has 3 rings (SSSR count). The summed E-state index contributed by atoms with van der Waals surface area (Å²) in [6.45, 7) is 3.52. The van der Waals surface area contributed by atoms with E-state index < -0.39 is 10.1 Å². The van der Waals surface area contributed by atoms with Gasteiger partial charge in [-0.15, -0.1) is 11.3 Å². The first-order valence-electron chi connectivity index (χ1n) is 7.33. The van der Waals surface area contributed by atoms with Gasteiger partial charge in [0.15, 0.2) is 0 Å². The first-order valence-corrected chi connectivity index (χ1v) is 9.78. The van der Waals surface area contributed by atoms with E-state index in [4.69, 9.17) is 4.18 Å². The number of benzene rings is 1. The molecule has 0 unspecified atom stereocenters. The second kappa shape index (κ2) is 6.40. The quantitative estimate of drug-likeness (QED) is 0.787. The van der Waals surface area contributed by atoms with Crippen LogP contribution in [0.2, 0.25) is 0 Å². The molecule has 1 aliphatic heterocycles. The number of fused-ring (bicyclic) bond motifs is 1. The largest absolute Gasteiger partial charge is 0.382 e. The van der Waals surface area contributed by atoms with Crippen molar-refractivity contribution in [1.29, 1.82) is 0 Å². The number of nitrogens with zero attached hydrogens (tertiary/aromatic N) is 1.